The number of primary amides is 1. The maximum atomic E-state index is 12.7. The minimum absolute atomic E-state index is 0.0386. The molecule has 3 N–H and O–H groups in total. The lowest BCUT2D eigenvalue weighted by molar-refractivity contribution is -0.115. The van der Waals surface area contributed by atoms with Crippen LogP contribution in [0.3, 0.4) is 0 Å². The number of nitrogens with two attached hydrogens (primary N) is 1. The minimum Gasteiger partial charge on any atom is -0.369 e. The third kappa shape index (κ3) is 3.79. The molecule has 5 heteroatoms. The molecule has 0 aliphatic heterocycles. The van der Waals surface area contributed by atoms with E-state index in [0.29, 0.717) is 5.56 Å². The van der Waals surface area contributed by atoms with Crippen molar-refractivity contribution in [3.8, 4) is 0 Å². The number of nitrogens with one attached hydrogen (secondary N) is 1. The number of fused-ring (bicyclic) bond motifs is 1. The van der Waals surface area contributed by atoms with Crippen molar-refractivity contribution in [2.45, 2.75) is 30.2 Å². The summed E-state index contributed by atoms with van der Waals surface area (Å²) in [6, 6.07) is 15.6. The summed E-state index contributed by atoms with van der Waals surface area (Å²) in [7, 11) is 0. The van der Waals surface area contributed by atoms with Gasteiger partial charge in [0.1, 0.15) is 0 Å². The second-order valence-electron chi connectivity index (χ2n) is 5.87. The largest absolute Gasteiger partial charge is 0.369 e. The molecule has 0 heterocycles. The summed E-state index contributed by atoms with van der Waals surface area (Å²) >= 11 is 1.30. The molecule has 2 aromatic rings. The molecule has 1 unspecified atom stereocenters. The summed E-state index contributed by atoms with van der Waals surface area (Å²) < 4.78 is 0. The van der Waals surface area contributed by atoms with E-state index in [2.05, 4.69) is 17.4 Å². The number of aryl methyl sites for hydroxylation is 1. The number of carbonyl (C=O) groups excluding carboxylic acids is 2. The highest BCUT2D eigenvalue weighted by atomic mass is 32.2. The first kappa shape index (κ1) is 16.6. The van der Waals surface area contributed by atoms with Gasteiger partial charge in [0.25, 0.3) is 5.91 Å². The fourth-order valence-corrected chi connectivity index (χ4v) is 3.86. The van der Waals surface area contributed by atoms with E-state index in [0.717, 1.165) is 24.2 Å². The van der Waals surface area contributed by atoms with Crippen molar-refractivity contribution < 1.29 is 9.59 Å². The van der Waals surface area contributed by atoms with E-state index in [1.54, 1.807) is 6.07 Å². The highest BCUT2D eigenvalue weighted by molar-refractivity contribution is 8.00. The topological polar surface area (TPSA) is 72.2 Å². The molecule has 0 spiro atoms. The first-order chi connectivity index (χ1) is 11.6. The Bertz CT molecular complexity index is 761. The zero-order valence-corrected chi connectivity index (χ0v) is 14.1. The molecular formula is C19H20N2O2S. The Morgan fingerprint density at radius 3 is 2.71 bits per heavy atom. The molecular weight excluding hydrogens is 320 g/mol. The Balaban J connectivity index is 1.78. The van der Waals surface area contributed by atoms with Crippen LogP contribution in [0.25, 0.3) is 0 Å². The van der Waals surface area contributed by atoms with Crippen LogP contribution in [0.4, 0.5) is 0 Å². The van der Waals surface area contributed by atoms with Crippen molar-refractivity contribution in [2.24, 2.45) is 5.73 Å². The fraction of sp³-hybridized carbons (Fsp3) is 0.263. The van der Waals surface area contributed by atoms with Crippen molar-refractivity contribution in [3.63, 3.8) is 0 Å². The van der Waals surface area contributed by atoms with Crippen LogP contribution in [0, 0.1) is 0 Å². The van der Waals surface area contributed by atoms with Crippen molar-refractivity contribution in [1.29, 1.82) is 0 Å². The summed E-state index contributed by atoms with van der Waals surface area (Å²) in [5.41, 5.74) is 8.32. The van der Waals surface area contributed by atoms with Crippen LogP contribution in [0.5, 0.6) is 0 Å². The van der Waals surface area contributed by atoms with Crippen LogP contribution in [0.1, 0.15) is 40.4 Å². The second-order valence-corrected chi connectivity index (χ2v) is 6.89. The Hall–Kier alpha value is -2.27. The van der Waals surface area contributed by atoms with Crippen molar-refractivity contribution >= 4 is 23.6 Å². The van der Waals surface area contributed by atoms with Crippen LogP contribution < -0.4 is 11.1 Å². The maximum absolute atomic E-state index is 12.7. The van der Waals surface area contributed by atoms with Gasteiger partial charge in [-0.25, -0.2) is 0 Å². The maximum Gasteiger partial charge on any atom is 0.252 e. The predicted octanol–water partition coefficient (Wildman–Crippen LogP) is 3.07. The molecule has 1 aliphatic rings. The van der Waals surface area contributed by atoms with Crippen LogP contribution in [0.15, 0.2) is 53.4 Å². The van der Waals surface area contributed by atoms with E-state index in [-0.39, 0.29) is 17.7 Å². The Labute approximate surface area is 145 Å². The minimum atomic E-state index is -0.392. The molecule has 3 rings (SSSR count). The van der Waals surface area contributed by atoms with Gasteiger partial charge in [-0.2, -0.15) is 0 Å². The van der Waals surface area contributed by atoms with Crippen LogP contribution >= 0.6 is 11.8 Å². The van der Waals surface area contributed by atoms with E-state index in [4.69, 9.17) is 5.73 Å². The number of amides is 2. The lowest BCUT2D eigenvalue weighted by atomic mass is 9.87. The monoisotopic (exact) mass is 340 g/mol. The third-order valence-corrected chi connectivity index (χ3v) is 5.27. The van der Waals surface area contributed by atoms with Gasteiger partial charge < -0.3 is 11.1 Å². The number of hydrogen-bond donors (Lipinski definition) is 2. The average Bonchev–Trinajstić information content (AvgIpc) is 2.60. The van der Waals surface area contributed by atoms with Crippen LogP contribution in [-0.2, 0) is 11.2 Å². The normalized spacial score (nSPS) is 16.2. The Morgan fingerprint density at radius 1 is 1.12 bits per heavy atom. The molecule has 2 aromatic carbocycles. The standard InChI is InChI=1S/C19H20N2O2S/c20-18(22)12-24-17-11-4-3-9-15(17)19(23)21-16-10-5-7-13-6-1-2-8-14(13)16/h1-4,6,8-9,11,16H,5,7,10,12H2,(H2,20,22)(H,21,23). The molecule has 2 amide bonds. The lowest BCUT2D eigenvalue weighted by Crippen LogP contribution is -2.31. The van der Waals surface area contributed by atoms with E-state index >= 15 is 0 Å². The fourth-order valence-electron chi connectivity index (χ4n) is 3.07. The first-order valence-corrected chi connectivity index (χ1v) is 9.02. The summed E-state index contributed by atoms with van der Waals surface area (Å²) in [5.74, 6) is -0.336. The molecule has 4 nitrogen and oxygen atoms in total. The van der Waals surface area contributed by atoms with E-state index < -0.39 is 5.91 Å². The SMILES string of the molecule is NC(=O)CSc1ccccc1C(=O)NC1CCCc2ccccc21. The van der Waals surface area contributed by atoms with Gasteiger partial charge in [0.05, 0.1) is 17.4 Å². The third-order valence-electron chi connectivity index (χ3n) is 4.18. The molecule has 124 valence electrons. The summed E-state index contributed by atoms with van der Waals surface area (Å²) in [6.07, 6.45) is 3.08. The van der Waals surface area contributed by atoms with E-state index in [1.807, 2.05) is 30.3 Å². The average molecular weight is 340 g/mol. The molecule has 0 radical (unpaired) electrons. The quantitative estimate of drug-likeness (QED) is 0.822. The second kappa shape index (κ2) is 7.53. The molecule has 0 saturated heterocycles. The molecule has 0 aromatic heterocycles. The number of thioether (sulfide) groups is 1. The molecule has 0 fully saturated rings. The highest BCUT2D eigenvalue weighted by Gasteiger charge is 2.22. The smallest absolute Gasteiger partial charge is 0.252 e. The van der Waals surface area contributed by atoms with Gasteiger partial charge in [-0.3, -0.25) is 9.59 Å². The van der Waals surface area contributed by atoms with Gasteiger partial charge in [-0.15, -0.1) is 11.8 Å². The van der Waals surface area contributed by atoms with Crippen LogP contribution in [0.2, 0.25) is 0 Å². The van der Waals surface area contributed by atoms with Crippen LogP contribution in [-0.4, -0.2) is 17.6 Å². The molecule has 24 heavy (non-hydrogen) atoms. The zero-order valence-electron chi connectivity index (χ0n) is 13.3. The van der Waals surface area contributed by atoms with Gasteiger partial charge in [0.2, 0.25) is 5.91 Å². The van der Waals surface area contributed by atoms with Crippen molar-refractivity contribution in [1.82, 2.24) is 5.32 Å². The number of rotatable bonds is 5. The van der Waals surface area contributed by atoms with E-state index in [1.165, 1.54) is 22.9 Å². The van der Waals surface area contributed by atoms with Crippen molar-refractivity contribution in [2.75, 3.05) is 5.75 Å². The molecule has 1 atom stereocenters. The lowest BCUT2D eigenvalue weighted by Gasteiger charge is -2.26. The van der Waals surface area contributed by atoms with Gasteiger partial charge >= 0.3 is 0 Å². The van der Waals surface area contributed by atoms with Crippen molar-refractivity contribution in [3.05, 3.63) is 65.2 Å². The van der Waals surface area contributed by atoms with Gasteiger partial charge in [-0.1, -0.05) is 36.4 Å². The van der Waals surface area contributed by atoms with E-state index in [9.17, 15) is 9.59 Å². The summed E-state index contributed by atoms with van der Waals surface area (Å²) in [5, 5.41) is 3.15. The van der Waals surface area contributed by atoms with Gasteiger partial charge in [0, 0.05) is 4.90 Å². The predicted molar refractivity (Wildman–Crippen MR) is 95.9 cm³/mol. The molecule has 0 saturated carbocycles. The number of carbonyl (C=O) groups is 2. The number of benzene rings is 2. The van der Waals surface area contributed by atoms with Gasteiger partial charge in [-0.05, 0) is 42.5 Å². The number of hydrogen-bond acceptors (Lipinski definition) is 3. The summed E-state index contributed by atoms with van der Waals surface area (Å²) in [6.45, 7) is 0. The molecule has 1 aliphatic carbocycles. The highest BCUT2D eigenvalue weighted by Crippen LogP contribution is 2.30. The first-order valence-electron chi connectivity index (χ1n) is 8.04. The summed E-state index contributed by atoms with van der Waals surface area (Å²) in [4.78, 5) is 24.5. The Kier molecular flexibility index (Phi) is 5.20. The molecule has 0 bridgehead atoms. The zero-order chi connectivity index (χ0) is 16.9. The Morgan fingerprint density at radius 2 is 1.88 bits per heavy atom. The van der Waals surface area contributed by atoms with Gasteiger partial charge in [0.15, 0.2) is 0 Å².